The number of aryl methyl sites for hydroxylation is 1. The SMILES string of the molecule is Cc1ccc([C@@H](O)CNC(=O)[C@@H]2COCCN2)cc1. The normalized spacial score (nSPS) is 20.8. The third kappa shape index (κ3) is 4.02. The summed E-state index contributed by atoms with van der Waals surface area (Å²) >= 11 is 0. The summed E-state index contributed by atoms with van der Waals surface area (Å²) in [5, 5.41) is 15.8. The predicted molar refractivity (Wildman–Crippen MR) is 71.8 cm³/mol. The highest BCUT2D eigenvalue weighted by molar-refractivity contribution is 5.82. The summed E-state index contributed by atoms with van der Waals surface area (Å²) in [4.78, 5) is 11.8. The minimum absolute atomic E-state index is 0.133. The fourth-order valence-corrected chi connectivity index (χ4v) is 1.96. The monoisotopic (exact) mass is 264 g/mol. The number of carbonyl (C=O) groups excluding carboxylic acids is 1. The van der Waals surface area contributed by atoms with Crippen LogP contribution in [0.3, 0.4) is 0 Å². The van der Waals surface area contributed by atoms with Gasteiger partial charge in [-0.15, -0.1) is 0 Å². The molecule has 1 heterocycles. The van der Waals surface area contributed by atoms with Crippen molar-refractivity contribution >= 4 is 5.91 Å². The molecule has 2 atom stereocenters. The average molecular weight is 264 g/mol. The lowest BCUT2D eigenvalue weighted by molar-refractivity contribution is -0.126. The lowest BCUT2D eigenvalue weighted by atomic mass is 10.1. The van der Waals surface area contributed by atoms with Gasteiger partial charge >= 0.3 is 0 Å². The molecule has 1 saturated heterocycles. The second-order valence-electron chi connectivity index (χ2n) is 4.75. The van der Waals surface area contributed by atoms with Gasteiger partial charge in [-0.05, 0) is 12.5 Å². The van der Waals surface area contributed by atoms with Gasteiger partial charge in [0.1, 0.15) is 6.04 Å². The molecular formula is C14H20N2O3. The standard InChI is InChI=1S/C14H20N2O3/c1-10-2-4-11(5-3-10)13(17)8-16-14(18)12-9-19-7-6-15-12/h2-5,12-13,15,17H,6-9H2,1H3,(H,16,18)/t12-,13-/m0/s1. The summed E-state index contributed by atoms with van der Waals surface area (Å²) in [7, 11) is 0. The van der Waals surface area contributed by atoms with Crippen LogP contribution in [-0.4, -0.2) is 43.4 Å². The number of aliphatic hydroxyl groups is 1. The molecule has 1 amide bonds. The molecule has 1 aromatic carbocycles. The van der Waals surface area contributed by atoms with Crippen molar-refractivity contribution in [3.8, 4) is 0 Å². The molecule has 3 N–H and O–H groups in total. The van der Waals surface area contributed by atoms with E-state index in [4.69, 9.17) is 4.74 Å². The second-order valence-corrected chi connectivity index (χ2v) is 4.75. The number of benzene rings is 1. The van der Waals surface area contributed by atoms with E-state index in [-0.39, 0.29) is 18.5 Å². The lowest BCUT2D eigenvalue weighted by Gasteiger charge is -2.23. The predicted octanol–water partition coefficient (Wildman–Crippen LogP) is 0.133. The van der Waals surface area contributed by atoms with Crippen LogP contribution in [0.4, 0.5) is 0 Å². The topological polar surface area (TPSA) is 70.6 Å². The van der Waals surface area contributed by atoms with Gasteiger partial charge in [-0.3, -0.25) is 4.79 Å². The molecule has 0 aromatic heterocycles. The first kappa shape index (κ1) is 14.0. The number of ether oxygens (including phenoxy) is 1. The summed E-state index contributed by atoms with van der Waals surface area (Å²) in [6, 6.07) is 7.30. The van der Waals surface area contributed by atoms with Crippen molar-refractivity contribution in [3.05, 3.63) is 35.4 Å². The van der Waals surface area contributed by atoms with Crippen LogP contribution in [0.2, 0.25) is 0 Å². The number of carbonyl (C=O) groups is 1. The Bertz CT molecular complexity index is 413. The Kier molecular flexibility index (Phi) is 4.90. The van der Waals surface area contributed by atoms with Gasteiger partial charge in [-0.2, -0.15) is 0 Å². The molecule has 1 aromatic rings. The molecule has 0 saturated carbocycles. The Morgan fingerprint density at radius 1 is 1.53 bits per heavy atom. The van der Waals surface area contributed by atoms with Crippen molar-refractivity contribution in [3.63, 3.8) is 0 Å². The summed E-state index contributed by atoms with van der Waals surface area (Å²) < 4.78 is 5.22. The largest absolute Gasteiger partial charge is 0.387 e. The van der Waals surface area contributed by atoms with E-state index in [0.29, 0.717) is 19.8 Å². The van der Waals surface area contributed by atoms with E-state index in [0.717, 1.165) is 11.1 Å². The van der Waals surface area contributed by atoms with Gasteiger partial charge in [0.2, 0.25) is 5.91 Å². The van der Waals surface area contributed by atoms with Crippen LogP contribution in [0.15, 0.2) is 24.3 Å². The third-order valence-electron chi connectivity index (χ3n) is 3.17. The van der Waals surface area contributed by atoms with Crippen LogP contribution >= 0.6 is 0 Å². The van der Waals surface area contributed by atoms with Crippen molar-refractivity contribution < 1.29 is 14.6 Å². The van der Waals surface area contributed by atoms with Crippen molar-refractivity contribution in [2.45, 2.75) is 19.1 Å². The average Bonchev–Trinajstić information content (AvgIpc) is 2.46. The maximum Gasteiger partial charge on any atom is 0.239 e. The second kappa shape index (κ2) is 6.65. The van der Waals surface area contributed by atoms with Crippen LogP contribution in [0.1, 0.15) is 17.2 Å². The molecule has 0 unspecified atom stereocenters. The van der Waals surface area contributed by atoms with E-state index in [1.54, 1.807) is 0 Å². The highest BCUT2D eigenvalue weighted by Gasteiger charge is 2.21. The zero-order chi connectivity index (χ0) is 13.7. The fraction of sp³-hybridized carbons (Fsp3) is 0.500. The molecular weight excluding hydrogens is 244 g/mol. The van der Waals surface area contributed by atoms with Crippen molar-refractivity contribution in [2.75, 3.05) is 26.3 Å². The van der Waals surface area contributed by atoms with Gasteiger partial charge in [0.25, 0.3) is 0 Å². The highest BCUT2D eigenvalue weighted by Crippen LogP contribution is 2.12. The maximum atomic E-state index is 11.8. The van der Waals surface area contributed by atoms with E-state index in [1.807, 2.05) is 31.2 Å². The zero-order valence-corrected chi connectivity index (χ0v) is 11.1. The van der Waals surface area contributed by atoms with Crippen molar-refractivity contribution in [2.24, 2.45) is 0 Å². The van der Waals surface area contributed by atoms with Gasteiger partial charge in [0.15, 0.2) is 0 Å². The fourth-order valence-electron chi connectivity index (χ4n) is 1.96. The summed E-state index contributed by atoms with van der Waals surface area (Å²) in [5.74, 6) is -0.133. The Morgan fingerprint density at radius 3 is 2.89 bits per heavy atom. The van der Waals surface area contributed by atoms with E-state index >= 15 is 0 Å². The van der Waals surface area contributed by atoms with Crippen LogP contribution < -0.4 is 10.6 Å². The van der Waals surface area contributed by atoms with Gasteiger partial charge in [0, 0.05) is 13.1 Å². The minimum Gasteiger partial charge on any atom is -0.387 e. The van der Waals surface area contributed by atoms with Crippen molar-refractivity contribution in [1.82, 2.24) is 10.6 Å². The molecule has 0 bridgehead atoms. The molecule has 1 fully saturated rings. The molecule has 2 rings (SSSR count). The number of hydrogen-bond donors (Lipinski definition) is 3. The van der Waals surface area contributed by atoms with E-state index in [1.165, 1.54) is 0 Å². The maximum absolute atomic E-state index is 11.8. The first-order valence-electron chi connectivity index (χ1n) is 6.50. The zero-order valence-electron chi connectivity index (χ0n) is 11.1. The number of nitrogens with one attached hydrogen (secondary N) is 2. The number of hydrogen-bond acceptors (Lipinski definition) is 4. The number of morpholine rings is 1. The summed E-state index contributed by atoms with van der Waals surface area (Å²) in [5.41, 5.74) is 1.95. The molecule has 19 heavy (non-hydrogen) atoms. The van der Waals surface area contributed by atoms with Crippen LogP contribution in [0.5, 0.6) is 0 Å². The minimum atomic E-state index is -0.686. The smallest absolute Gasteiger partial charge is 0.239 e. The number of amides is 1. The molecule has 1 aliphatic rings. The number of aliphatic hydroxyl groups excluding tert-OH is 1. The Morgan fingerprint density at radius 2 is 2.26 bits per heavy atom. The Balaban J connectivity index is 1.80. The van der Waals surface area contributed by atoms with Gasteiger partial charge in [-0.25, -0.2) is 0 Å². The Labute approximate surface area is 113 Å². The molecule has 0 aliphatic carbocycles. The van der Waals surface area contributed by atoms with Gasteiger partial charge < -0.3 is 20.5 Å². The van der Waals surface area contributed by atoms with Crippen LogP contribution in [0, 0.1) is 6.92 Å². The summed E-state index contributed by atoms with van der Waals surface area (Å²) in [6.45, 7) is 3.90. The van der Waals surface area contributed by atoms with Crippen LogP contribution in [-0.2, 0) is 9.53 Å². The molecule has 104 valence electrons. The first-order chi connectivity index (χ1) is 9.16. The first-order valence-corrected chi connectivity index (χ1v) is 6.50. The molecule has 0 radical (unpaired) electrons. The van der Waals surface area contributed by atoms with Gasteiger partial charge in [0.05, 0.1) is 19.3 Å². The molecule has 1 aliphatic heterocycles. The third-order valence-corrected chi connectivity index (χ3v) is 3.17. The summed E-state index contributed by atoms with van der Waals surface area (Å²) in [6.07, 6.45) is -0.686. The molecule has 5 nitrogen and oxygen atoms in total. The number of rotatable bonds is 4. The van der Waals surface area contributed by atoms with Gasteiger partial charge in [-0.1, -0.05) is 29.8 Å². The lowest BCUT2D eigenvalue weighted by Crippen LogP contribution is -2.51. The van der Waals surface area contributed by atoms with E-state index < -0.39 is 6.10 Å². The molecule has 0 spiro atoms. The van der Waals surface area contributed by atoms with Crippen LogP contribution in [0.25, 0.3) is 0 Å². The quantitative estimate of drug-likeness (QED) is 0.723. The van der Waals surface area contributed by atoms with E-state index in [2.05, 4.69) is 10.6 Å². The highest BCUT2D eigenvalue weighted by atomic mass is 16.5. The van der Waals surface area contributed by atoms with E-state index in [9.17, 15) is 9.90 Å². The Hall–Kier alpha value is -1.43. The van der Waals surface area contributed by atoms with Crippen molar-refractivity contribution in [1.29, 1.82) is 0 Å². The molecule has 5 heteroatoms.